The van der Waals surface area contributed by atoms with E-state index in [-0.39, 0.29) is 36.8 Å². The second-order valence-corrected chi connectivity index (χ2v) is 9.71. The second-order valence-electron chi connectivity index (χ2n) is 9.71. The zero-order valence-electron chi connectivity index (χ0n) is 15.1. The van der Waals surface area contributed by atoms with E-state index >= 15 is 0 Å². The summed E-state index contributed by atoms with van der Waals surface area (Å²) in [7, 11) is 0. The number of Topliss-reactive ketones (excluding diaryl/α,β-unsaturated/α-hetero) is 1. The maximum atomic E-state index is 13.3. The van der Waals surface area contributed by atoms with Gasteiger partial charge in [0.1, 0.15) is 11.5 Å². The molecule has 2 saturated heterocycles. The number of hydrogen-bond acceptors (Lipinski definition) is 6. The van der Waals surface area contributed by atoms with E-state index in [0.717, 1.165) is 19.3 Å². The number of aliphatic hydroxyl groups is 4. The number of ether oxygens (including phenoxy) is 1. The Morgan fingerprint density at radius 2 is 1.96 bits per heavy atom. The van der Waals surface area contributed by atoms with Crippen LogP contribution < -0.4 is 0 Å². The van der Waals surface area contributed by atoms with E-state index in [4.69, 9.17) is 4.74 Å². The van der Waals surface area contributed by atoms with Crippen molar-refractivity contribution in [2.75, 3.05) is 13.2 Å². The number of aliphatic hydroxyl groups excluding tert-OH is 3. The van der Waals surface area contributed by atoms with Gasteiger partial charge in [0.15, 0.2) is 5.78 Å². The summed E-state index contributed by atoms with van der Waals surface area (Å²) in [6.07, 6.45) is 1.34. The zero-order valence-corrected chi connectivity index (χ0v) is 15.1. The van der Waals surface area contributed by atoms with Crippen molar-refractivity contribution in [2.24, 2.45) is 34.0 Å². The molecule has 6 nitrogen and oxygen atoms in total. The summed E-state index contributed by atoms with van der Waals surface area (Å²) < 4.78 is 5.86. The van der Waals surface area contributed by atoms with E-state index in [1.54, 1.807) is 0 Å². The summed E-state index contributed by atoms with van der Waals surface area (Å²) in [5.74, 6) is -3.49. The molecule has 0 radical (unpaired) electrons. The van der Waals surface area contributed by atoms with Gasteiger partial charge in [0.2, 0.25) is 5.79 Å². The predicted octanol–water partition coefficient (Wildman–Crippen LogP) is 0.377. The van der Waals surface area contributed by atoms with Crippen molar-refractivity contribution in [1.82, 2.24) is 0 Å². The molecule has 2 spiro atoms. The third-order valence-corrected chi connectivity index (χ3v) is 8.96. The third-order valence-electron chi connectivity index (χ3n) is 8.96. The van der Waals surface area contributed by atoms with Crippen LogP contribution in [0.4, 0.5) is 0 Å². The minimum absolute atomic E-state index is 0.0852. The molecular formula is C20H28O6. The van der Waals surface area contributed by atoms with E-state index in [1.165, 1.54) is 0 Å². The van der Waals surface area contributed by atoms with Gasteiger partial charge in [0.05, 0.1) is 12.7 Å². The van der Waals surface area contributed by atoms with E-state index in [1.807, 2.05) is 6.92 Å². The van der Waals surface area contributed by atoms with Crippen LogP contribution in [-0.4, -0.2) is 57.4 Å². The molecule has 6 heteroatoms. The first-order valence-electron chi connectivity index (χ1n) is 9.77. The molecule has 6 fully saturated rings. The van der Waals surface area contributed by atoms with E-state index in [0.29, 0.717) is 18.4 Å². The minimum Gasteiger partial charge on any atom is -0.396 e. The van der Waals surface area contributed by atoms with Gasteiger partial charge in [-0.2, -0.15) is 0 Å². The molecule has 4 aliphatic carbocycles. The molecule has 0 amide bonds. The van der Waals surface area contributed by atoms with Crippen LogP contribution in [0.3, 0.4) is 0 Å². The molecule has 0 aromatic heterocycles. The van der Waals surface area contributed by atoms with Gasteiger partial charge in [-0.05, 0) is 42.6 Å². The van der Waals surface area contributed by atoms with Gasteiger partial charge >= 0.3 is 0 Å². The molecule has 4 bridgehead atoms. The highest BCUT2D eigenvalue weighted by molar-refractivity contribution is 6.05. The fraction of sp³-hybridized carbons (Fsp3) is 0.850. The smallest absolute Gasteiger partial charge is 0.208 e. The minimum atomic E-state index is -2.13. The third kappa shape index (κ3) is 1.44. The number of ketones is 1. The lowest BCUT2D eigenvalue weighted by atomic mass is 9.36. The van der Waals surface area contributed by atoms with Crippen LogP contribution in [0.25, 0.3) is 0 Å². The standard InChI is InChI=1S/C20H28O6/c1-10-11-4-5-12-18-7-3-6-17(2,8-21)13(18)16(24)20(25,26-9-18)19(12,14(10)22)15(11)23/h11-13,15-16,21,23-25H,1,3-9H2,2H3/t11-,12-,13+,15+,16-,17+,18+,19-,20+/m0/s1. The molecule has 4 saturated carbocycles. The zero-order chi connectivity index (χ0) is 18.7. The van der Waals surface area contributed by atoms with Crippen molar-refractivity contribution in [2.45, 2.75) is 57.0 Å². The molecule has 9 atom stereocenters. The van der Waals surface area contributed by atoms with Gasteiger partial charge in [-0.3, -0.25) is 4.79 Å². The molecule has 144 valence electrons. The summed E-state index contributed by atoms with van der Waals surface area (Å²) in [4.78, 5) is 13.3. The summed E-state index contributed by atoms with van der Waals surface area (Å²) >= 11 is 0. The SMILES string of the molecule is C=C1C(=O)[C@]23[C@H](O)[C@H]1CC[C@H]2[C@]12CCC[C@](C)(CO)[C@H]1[C@H](O)[C@@]3(O)OC2. The van der Waals surface area contributed by atoms with Crippen LogP contribution >= 0.6 is 0 Å². The van der Waals surface area contributed by atoms with E-state index in [2.05, 4.69) is 6.58 Å². The van der Waals surface area contributed by atoms with Crippen LogP contribution in [0.2, 0.25) is 0 Å². The van der Waals surface area contributed by atoms with Crippen molar-refractivity contribution in [3.8, 4) is 0 Å². The topological polar surface area (TPSA) is 107 Å². The fourth-order valence-electron chi connectivity index (χ4n) is 7.98. The van der Waals surface area contributed by atoms with E-state index in [9.17, 15) is 25.2 Å². The normalized spacial score (nSPS) is 60.7. The van der Waals surface area contributed by atoms with Crippen molar-refractivity contribution in [3.05, 3.63) is 12.2 Å². The quantitative estimate of drug-likeness (QED) is 0.501. The Balaban J connectivity index is 1.78. The maximum Gasteiger partial charge on any atom is 0.208 e. The Kier molecular flexibility index (Phi) is 3.19. The number of carbonyl (C=O) groups is 1. The maximum absolute atomic E-state index is 13.3. The van der Waals surface area contributed by atoms with Crippen molar-refractivity contribution in [3.63, 3.8) is 0 Å². The molecule has 6 rings (SSSR count). The first-order chi connectivity index (χ1) is 12.2. The Labute approximate surface area is 152 Å². The Morgan fingerprint density at radius 1 is 1.23 bits per heavy atom. The van der Waals surface area contributed by atoms with Gasteiger partial charge in [0, 0.05) is 23.9 Å². The number of hydrogen-bond donors (Lipinski definition) is 4. The largest absolute Gasteiger partial charge is 0.396 e. The molecule has 0 aromatic rings. The lowest BCUT2D eigenvalue weighted by Gasteiger charge is -2.74. The molecule has 2 heterocycles. The van der Waals surface area contributed by atoms with Gasteiger partial charge in [-0.15, -0.1) is 0 Å². The lowest BCUT2D eigenvalue weighted by Crippen LogP contribution is -2.84. The highest BCUT2D eigenvalue weighted by Crippen LogP contribution is 2.76. The van der Waals surface area contributed by atoms with Crippen LogP contribution in [-0.2, 0) is 9.53 Å². The second kappa shape index (κ2) is 4.78. The van der Waals surface area contributed by atoms with Crippen molar-refractivity contribution in [1.29, 1.82) is 0 Å². The molecule has 4 N–H and O–H groups in total. The summed E-state index contributed by atoms with van der Waals surface area (Å²) in [6, 6.07) is 0. The van der Waals surface area contributed by atoms with Crippen LogP contribution in [0, 0.1) is 34.0 Å². The monoisotopic (exact) mass is 364 g/mol. The summed E-state index contributed by atoms with van der Waals surface area (Å²) in [5.41, 5.74) is -2.25. The molecular weight excluding hydrogens is 336 g/mol. The highest BCUT2D eigenvalue weighted by Gasteiger charge is 2.85. The Morgan fingerprint density at radius 3 is 2.65 bits per heavy atom. The first kappa shape index (κ1) is 17.3. The Bertz CT molecular complexity index is 706. The molecule has 6 aliphatic rings. The lowest BCUT2D eigenvalue weighted by molar-refractivity contribution is -0.450. The van der Waals surface area contributed by atoms with Crippen LogP contribution in [0.1, 0.15) is 39.0 Å². The average molecular weight is 364 g/mol. The predicted molar refractivity (Wildman–Crippen MR) is 90.7 cm³/mol. The van der Waals surface area contributed by atoms with Gasteiger partial charge < -0.3 is 25.2 Å². The summed E-state index contributed by atoms with van der Waals surface area (Å²) in [6.45, 7) is 6.03. The van der Waals surface area contributed by atoms with Crippen molar-refractivity contribution < 1.29 is 30.0 Å². The fourth-order valence-corrected chi connectivity index (χ4v) is 7.98. The molecule has 2 aliphatic heterocycles. The average Bonchev–Trinajstić information content (AvgIpc) is 2.73. The highest BCUT2D eigenvalue weighted by atomic mass is 16.6. The molecule has 26 heavy (non-hydrogen) atoms. The van der Waals surface area contributed by atoms with Gasteiger partial charge in [0.25, 0.3) is 0 Å². The van der Waals surface area contributed by atoms with Gasteiger partial charge in [-0.25, -0.2) is 0 Å². The van der Waals surface area contributed by atoms with Crippen molar-refractivity contribution >= 4 is 5.78 Å². The number of fused-ring (bicyclic) bond motifs is 2. The Hall–Kier alpha value is -0.790. The van der Waals surface area contributed by atoms with Crippen LogP contribution in [0.15, 0.2) is 12.2 Å². The van der Waals surface area contributed by atoms with Gasteiger partial charge in [-0.1, -0.05) is 19.9 Å². The van der Waals surface area contributed by atoms with E-state index < -0.39 is 34.2 Å². The van der Waals surface area contributed by atoms with Crippen LogP contribution in [0.5, 0.6) is 0 Å². The first-order valence-corrected chi connectivity index (χ1v) is 9.77. The molecule has 0 aromatic carbocycles. The molecule has 0 unspecified atom stereocenters. The number of rotatable bonds is 1. The summed E-state index contributed by atoms with van der Waals surface area (Å²) in [5, 5.41) is 44.2. The number of carbonyl (C=O) groups excluding carboxylic acids is 1.